The van der Waals surface area contributed by atoms with Crippen molar-refractivity contribution in [3.8, 4) is 11.1 Å². The van der Waals surface area contributed by atoms with E-state index in [4.69, 9.17) is 0 Å². The zero-order chi connectivity index (χ0) is 22.8. The predicted octanol–water partition coefficient (Wildman–Crippen LogP) is 3.78. The number of benzene rings is 3. The molecule has 5 rings (SSSR count). The van der Waals surface area contributed by atoms with E-state index in [1.54, 1.807) is 17.0 Å². The largest absolute Gasteiger partial charge is 0.336 e. The number of carbonyl (C=O) groups is 2. The van der Waals surface area contributed by atoms with Crippen LogP contribution in [0, 0.1) is 5.82 Å². The quantitative estimate of drug-likeness (QED) is 0.617. The molecular weight excluding hydrogens is 417 g/mol. The molecule has 0 N–H and O–H groups in total. The van der Waals surface area contributed by atoms with Crippen molar-refractivity contribution >= 4 is 11.8 Å². The Kier molecular flexibility index (Phi) is 5.92. The molecule has 0 aliphatic carbocycles. The van der Waals surface area contributed by atoms with Crippen LogP contribution in [0.15, 0.2) is 78.9 Å². The zero-order valence-corrected chi connectivity index (χ0v) is 18.4. The second-order valence-electron chi connectivity index (χ2n) is 8.65. The second-order valence-corrected chi connectivity index (χ2v) is 8.65. The fourth-order valence-electron chi connectivity index (χ4n) is 4.56. The SMILES string of the molecule is O=C(c1cccc(F)c1)N1CCN(C2CN(C(=O)c3ccc(-c4ccccc4)cc3)C2)CC1. The van der Waals surface area contributed by atoms with E-state index >= 15 is 0 Å². The van der Waals surface area contributed by atoms with Crippen LogP contribution in [0.2, 0.25) is 0 Å². The third-order valence-corrected chi connectivity index (χ3v) is 6.58. The molecule has 0 saturated carbocycles. The van der Waals surface area contributed by atoms with Crippen LogP contribution in [-0.2, 0) is 0 Å². The lowest BCUT2D eigenvalue weighted by Crippen LogP contribution is -2.64. The third-order valence-electron chi connectivity index (χ3n) is 6.58. The Bertz CT molecular complexity index is 1140. The van der Waals surface area contributed by atoms with Gasteiger partial charge >= 0.3 is 0 Å². The molecule has 2 aliphatic heterocycles. The molecule has 0 bridgehead atoms. The summed E-state index contributed by atoms with van der Waals surface area (Å²) in [5.41, 5.74) is 3.33. The van der Waals surface area contributed by atoms with Crippen molar-refractivity contribution in [2.24, 2.45) is 0 Å². The van der Waals surface area contributed by atoms with Crippen molar-refractivity contribution in [1.29, 1.82) is 0 Å². The summed E-state index contributed by atoms with van der Waals surface area (Å²) in [5.74, 6) is -0.460. The van der Waals surface area contributed by atoms with Crippen LogP contribution in [0.5, 0.6) is 0 Å². The Balaban J connectivity index is 1.11. The number of likely N-dealkylation sites (tertiary alicyclic amines) is 1. The van der Waals surface area contributed by atoms with Gasteiger partial charge < -0.3 is 9.80 Å². The van der Waals surface area contributed by atoms with Crippen molar-refractivity contribution in [3.05, 3.63) is 95.8 Å². The summed E-state index contributed by atoms with van der Waals surface area (Å²) < 4.78 is 13.4. The van der Waals surface area contributed by atoms with Crippen molar-refractivity contribution in [3.63, 3.8) is 0 Å². The maximum atomic E-state index is 13.4. The van der Waals surface area contributed by atoms with E-state index in [0.29, 0.717) is 43.3 Å². The van der Waals surface area contributed by atoms with Gasteiger partial charge in [0.25, 0.3) is 11.8 Å². The Labute approximate surface area is 193 Å². The molecule has 168 valence electrons. The molecule has 0 atom stereocenters. The van der Waals surface area contributed by atoms with E-state index in [9.17, 15) is 14.0 Å². The smallest absolute Gasteiger partial charge is 0.254 e. The maximum absolute atomic E-state index is 13.4. The average Bonchev–Trinajstić information content (AvgIpc) is 2.84. The minimum atomic E-state index is -0.395. The summed E-state index contributed by atoms with van der Waals surface area (Å²) in [7, 11) is 0. The molecule has 2 aliphatic rings. The highest BCUT2D eigenvalue weighted by atomic mass is 19.1. The summed E-state index contributed by atoms with van der Waals surface area (Å²) in [6, 6.07) is 24.1. The Morgan fingerprint density at radius 2 is 1.30 bits per heavy atom. The third kappa shape index (κ3) is 4.52. The fourth-order valence-corrected chi connectivity index (χ4v) is 4.56. The first-order valence-corrected chi connectivity index (χ1v) is 11.3. The van der Waals surface area contributed by atoms with Gasteiger partial charge in [-0.1, -0.05) is 48.5 Å². The Hall–Kier alpha value is -3.51. The first-order chi connectivity index (χ1) is 16.1. The molecule has 0 aromatic heterocycles. The van der Waals surface area contributed by atoms with Gasteiger partial charge in [0.15, 0.2) is 0 Å². The van der Waals surface area contributed by atoms with Crippen molar-refractivity contribution in [2.75, 3.05) is 39.3 Å². The van der Waals surface area contributed by atoms with Gasteiger partial charge in [-0.15, -0.1) is 0 Å². The van der Waals surface area contributed by atoms with Crippen molar-refractivity contribution in [1.82, 2.24) is 14.7 Å². The first kappa shape index (κ1) is 21.3. The molecule has 2 amide bonds. The van der Waals surface area contributed by atoms with Gasteiger partial charge in [-0.05, 0) is 41.5 Å². The molecule has 3 aromatic carbocycles. The summed E-state index contributed by atoms with van der Waals surface area (Å²) in [5, 5.41) is 0. The van der Waals surface area contributed by atoms with Crippen LogP contribution in [0.3, 0.4) is 0 Å². The number of hydrogen-bond donors (Lipinski definition) is 0. The molecule has 2 saturated heterocycles. The minimum Gasteiger partial charge on any atom is -0.336 e. The van der Waals surface area contributed by atoms with Gasteiger partial charge in [0, 0.05) is 56.4 Å². The van der Waals surface area contributed by atoms with Crippen LogP contribution in [0.25, 0.3) is 11.1 Å². The number of halogens is 1. The number of amides is 2. The molecule has 6 heteroatoms. The monoisotopic (exact) mass is 443 g/mol. The van der Waals surface area contributed by atoms with Crippen LogP contribution < -0.4 is 0 Å². The van der Waals surface area contributed by atoms with E-state index in [1.807, 2.05) is 47.4 Å². The lowest BCUT2D eigenvalue weighted by Gasteiger charge is -2.48. The van der Waals surface area contributed by atoms with E-state index in [2.05, 4.69) is 17.0 Å². The van der Waals surface area contributed by atoms with E-state index < -0.39 is 5.82 Å². The number of nitrogens with zero attached hydrogens (tertiary/aromatic N) is 3. The molecule has 3 aromatic rings. The Morgan fingerprint density at radius 1 is 0.667 bits per heavy atom. The maximum Gasteiger partial charge on any atom is 0.254 e. The molecule has 0 spiro atoms. The van der Waals surface area contributed by atoms with E-state index in [1.165, 1.54) is 12.1 Å². The molecule has 2 heterocycles. The summed E-state index contributed by atoms with van der Waals surface area (Å²) in [6.07, 6.45) is 0. The topological polar surface area (TPSA) is 43.9 Å². The van der Waals surface area contributed by atoms with E-state index in [-0.39, 0.29) is 11.8 Å². The summed E-state index contributed by atoms with van der Waals surface area (Å²) >= 11 is 0. The normalized spacial score (nSPS) is 17.0. The minimum absolute atomic E-state index is 0.0609. The number of hydrogen-bond acceptors (Lipinski definition) is 3. The lowest BCUT2D eigenvalue weighted by atomic mass is 10.0. The van der Waals surface area contributed by atoms with Gasteiger partial charge in [0.05, 0.1) is 0 Å². The highest BCUT2D eigenvalue weighted by molar-refractivity contribution is 5.95. The lowest BCUT2D eigenvalue weighted by molar-refractivity contribution is 0.00853. The molecule has 0 radical (unpaired) electrons. The average molecular weight is 444 g/mol. The standard InChI is InChI=1S/C27H26FN3O2/c28-24-8-4-7-23(17-24)27(33)30-15-13-29(14-16-30)25-18-31(19-25)26(32)22-11-9-21(10-12-22)20-5-2-1-3-6-20/h1-12,17,25H,13-16,18-19H2. The van der Waals surface area contributed by atoms with Crippen LogP contribution in [0.4, 0.5) is 4.39 Å². The number of carbonyl (C=O) groups excluding carboxylic acids is 2. The highest BCUT2D eigenvalue weighted by Crippen LogP contribution is 2.23. The number of piperazine rings is 1. The summed E-state index contributed by atoms with van der Waals surface area (Å²) in [6.45, 7) is 4.16. The van der Waals surface area contributed by atoms with Crippen molar-refractivity contribution in [2.45, 2.75) is 6.04 Å². The molecule has 2 fully saturated rings. The predicted molar refractivity (Wildman–Crippen MR) is 125 cm³/mol. The second kappa shape index (κ2) is 9.16. The fraction of sp³-hybridized carbons (Fsp3) is 0.259. The molecule has 5 nitrogen and oxygen atoms in total. The summed E-state index contributed by atoms with van der Waals surface area (Å²) in [4.78, 5) is 31.5. The Morgan fingerprint density at radius 3 is 1.97 bits per heavy atom. The van der Waals surface area contributed by atoms with Gasteiger partial charge in [0.1, 0.15) is 5.82 Å². The molecule has 33 heavy (non-hydrogen) atoms. The van der Waals surface area contributed by atoms with E-state index in [0.717, 1.165) is 24.2 Å². The van der Waals surface area contributed by atoms with Gasteiger partial charge in [-0.25, -0.2) is 4.39 Å². The molecular formula is C27H26FN3O2. The highest BCUT2D eigenvalue weighted by Gasteiger charge is 2.37. The van der Waals surface area contributed by atoms with Crippen LogP contribution >= 0.6 is 0 Å². The van der Waals surface area contributed by atoms with Gasteiger partial charge in [-0.3, -0.25) is 14.5 Å². The van der Waals surface area contributed by atoms with Gasteiger partial charge in [-0.2, -0.15) is 0 Å². The zero-order valence-electron chi connectivity index (χ0n) is 18.4. The van der Waals surface area contributed by atoms with Crippen LogP contribution in [0.1, 0.15) is 20.7 Å². The van der Waals surface area contributed by atoms with Crippen molar-refractivity contribution < 1.29 is 14.0 Å². The van der Waals surface area contributed by atoms with Crippen LogP contribution in [-0.4, -0.2) is 71.8 Å². The van der Waals surface area contributed by atoms with Gasteiger partial charge in [0.2, 0.25) is 0 Å². The first-order valence-electron chi connectivity index (χ1n) is 11.3. The number of rotatable bonds is 4. The molecule has 0 unspecified atom stereocenters.